The monoisotopic (exact) mass is 356 g/mol. The third kappa shape index (κ3) is 3.72. The maximum atomic E-state index is 12.4. The highest BCUT2D eigenvalue weighted by molar-refractivity contribution is 5.79. The molecule has 2 aromatic carbocycles. The van der Waals surface area contributed by atoms with E-state index in [-0.39, 0.29) is 11.9 Å². The van der Waals surface area contributed by atoms with Crippen molar-refractivity contribution in [2.45, 2.75) is 19.4 Å². The predicted molar refractivity (Wildman–Crippen MR) is 105 cm³/mol. The van der Waals surface area contributed by atoms with Gasteiger partial charge in [0.15, 0.2) is 11.5 Å². The van der Waals surface area contributed by atoms with Crippen molar-refractivity contribution >= 4 is 11.6 Å². The molecule has 134 valence electrons. The van der Waals surface area contributed by atoms with Crippen molar-refractivity contribution in [2.75, 3.05) is 0 Å². The number of nitrogens with zero attached hydrogens (tertiary/aromatic N) is 3. The van der Waals surface area contributed by atoms with E-state index in [0.717, 1.165) is 22.6 Å². The van der Waals surface area contributed by atoms with Gasteiger partial charge in [0.25, 0.3) is 0 Å². The second kappa shape index (κ2) is 7.41. The van der Waals surface area contributed by atoms with Crippen LogP contribution in [0.5, 0.6) is 0 Å². The molecule has 5 heteroatoms. The minimum atomic E-state index is -0.224. The molecule has 27 heavy (non-hydrogen) atoms. The van der Waals surface area contributed by atoms with Gasteiger partial charge in [-0.05, 0) is 35.7 Å². The van der Waals surface area contributed by atoms with E-state index in [4.69, 9.17) is 0 Å². The largest absolute Gasteiger partial charge is 0.346 e. The summed E-state index contributed by atoms with van der Waals surface area (Å²) < 4.78 is 1.89. The summed E-state index contributed by atoms with van der Waals surface area (Å²) in [5, 5.41) is 11.3. The molecule has 0 fully saturated rings. The molecule has 0 saturated carbocycles. The molecule has 2 aromatic heterocycles. The van der Waals surface area contributed by atoms with Crippen LogP contribution in [-0.4, -0.2) is 20.5 Å². The first-order valence-electron chi connectivity index (χ1n) is 8.94. The molecule has 4 aromatic rings. The molecule has 0 aliphatic rings. The molecule has 0 aliphatic carbocycles. The SMILES string of the molecule is CC(NC(=O)Cc1ccc(-c2ccccc2)cc1)c1nnc2ccccn12. The quantitative estimate of drug-likeness (QED) is 0.591. The molecule has 1 amide bonds. The van der Waals surface area contributed by atoms with Crippen LogP contribution in [0.1, 0.15) is 24.4 Å². The first kappa shape index (κ1) is 17.0. The van der Waals surface area contributed by atoms with Gasteiger partial charge in [-0.25, -0.2) is 0 Å². The van der Waals surface area contributed by atoms with E-state index in [0.29, 0.717) is 6.42 Å². The summed E-state index contributed by atoms with van der Waals surface area (Å²) in [4.78, 5) is 12.4. The molecular weight excluding hydrogens is 336 g/mol. The number of fused-ring (bicyclic) bond motifs is 1. The first-order valence-corrected chi connectivity index (χ1v) is 8.94. The first-order chi connectivity index (χ1) is 13.2. The minimum absolute atomic E-state index is 0.0392. The van der Waals surface area contributed by atoms with Crippen molar-refractivity contribution < 1.29 is 4.79 Å². The third-order valence-electron chi connectivity index (χ3n) is 4.53. The summed E-state index contributed by atoms with van der Waals surface area (Å²) in [6.07, 6.45) is 2.23. The van der Waals surface area contributed by atoms with Crippen LogP contribution in [0.4, 0.5) is 0 Å². The summed E-state index contributed by atoms with van der Waals surface area (Å²) >= 11 is 0. The lowest BCUT2D eigenvalue weighted by molar-refractivity contribution is -0.121. The zero-order valence-electron chi connectivity index (χ0n) is 15.0. The van der Waals surface area contributed by atoms with Crippen LogP contribution in [0.2, 0.25) is 0 Å². The van der Waals surface area contributed by atoms with Crippen LogP contribution < -0.4 is 5.32 Å². The van der Waals surface area contributed by atoms with Gasteiger partial charge in [-0.2, -0.15) is 0 Å². The van der Waals surface area contributed by atoms with Gasteiger partial charge in [-0.3, -0.25) is 9.20 Å². The van der Waals surface area contributed by atoms with Gasteiger partial charge in [0.1, 0.15) is 0 Å². The molecule has 5 nitrogen and oxygen atoms in total. The molecule has 0 saturated heterocycles. The number of nitrogens with one attached hydrogen (secondary N) is 1. The second-order valence-electron chi connectivity index (χ2n) is 6.52. The van der Waals surface area contributed by atoms with E-state index in [2.05, 4.69) is 27.6 Å². The fourth-order valence-electron chi connectivity index (χ4n) is 3.14. The van der Waals surface area contributed by atoms with E-state index in [1.807, 2.05) is 78.2 Å². The van der Waals surface area contributed by atoms with Crippen LogP contribution in [0.25, 0.3) is 16.8 Å². The van der Waals surface area contributed by atoms with Crippen molar-refractivity contribution in [2.24, 2.45) is 0 Å². The average Bonchev–Trinajstić information content (AvgIpc) is 3.13. The lowest BCUT2D eigenvalue weighted by atomic mass is 10.0. The summed E-state index contributed by atoms with van der Waals surface area (Å²) in [6.45, 7) is 1.92. The maximum Gasteiger partial charge on any atom is 0.224 e. The predicted octanol–water partition coefficient (Wildman–Crippen LogP) is 3.82. The Balaban J connectivity index is 1.42. The lowest BCUT2D eigenvalue weighted by Crippen LogP contribution is -2.29. The molecule has 0 bridgehead atoms. The lowest BCUT2D eigenvalue weighted by Gasteiger charge is -2.12. The topological polar surface area (TPSA) is 59.3 Å². The van der Waals surface area contributed by atoms with Gasteiger partial charge in [-0.1, -0.05) is 60.7 Å². The number of carbonyl (C=O) groups excluding carboxylic acids is 1. The van der Waals surface area contributed by atoms with Crippen molar-refractivity contribution in [3.8, 4) is 11.1 Å². The maximum absolute atomic E-state index is 12.4. The number of carbonyl (C=O) groups is 1. The summed E-state index contributed by atoms with van der Waals surface area (Å²) in [5.74, 6) is 0.681. The number of benzene rings is 2. The van der Waals surface area contributed by atoms with Crippen molar-refractivity contribution in [1.29, 1.82) is 0 Å². The molecule has 0 spiro atoms. The van der Waals surface area contributed by atoms with Crippen molar-refractivity contribution in [1.82, 2.24) is 19.9 Å². The van der Waals surface area contributed by atoms with E-state index < -0.39 is 0 Å². The van der Waals surface area contributed by atoms with Crippen LogP contribution in [0, 0.1) is 0 Å². The molecule has 1 unspecified atom stereocenters. The Bertz CT molecular complexity index is 1050. The highest BCUT2D eigenvalue weighted by Crippen LogP contribution is 2.19. The number of rotatable bonds is 5. The Morgan fingerprint density at radius 1 is 0.926 bits per heavy atom. The fourth-order valence-corrected chi connectivity index (χ4v) is 3.14. The molecular formula is C22H20N4O. The number of amides is 1. The smallest absolute Gasteiger partial charge is 0.224 e. The third-order valence-corrected chi connectivity index (χ3v) is 4.53. The highest BCUT2D eigenvalue weighted by atomic mass is 16.1. The zero-order valence-corrected chi connectivity index (χ0v) is 15.0. The molecule has 0 aliphatic heterocycles. The summed E-state index contributed by atoms with van der Waals surface area (Å²) in [7, 11) is 0. The summed E-state index contributed by atoms with van der Waals surface area (Å²) in [6, 6.07) is 23.8. The average molecular weight is 356 g/mol. The van der Waals surface area contributed by atoms with Crippen molar-refractivity contribution in [3.05, 3.63) is 90.4 Å². The van der Waals surface area contributed by atoms with Crippen LogP contribution >= 0.6 is 0 Å². The molecule has 0 radical (unpaired) electrons. The van der Waals surface area contributed by atoms with E-state index in [1.165, 1.54) is 5.56 Å². The van der Waals surface area contributed by atoms with Gasteiger partial charge >= 0.3 is 0 Å². The van der Waals surface area contributed by atoms with E-state index in [9.17, 15) is 4.79 Å². The Morgan fingerprint density at radius 2 is 1.63 bits per heavy atom. The minimum Gasteiger partial charge on any atom is -0.346 e. The zero-order chi connectivity index (χ0) is 18.6. The van der Waals surface area contributed by atoms with Gasteiger partial charge in [0, 0.05) is 6.20 Å². The Hall–Kier alpha value is -3.47. The molecule has 4 rings (SSSR count). The second-order valence-corrected chi connectivity index (χ2v) is 6.52. The van der Waals surface area contributed by atoms with Gasteiger partial charge in [-0.15, -0.1) is 10.2 Å². The van der Waals surface area contributed by atoms with Gasteiger partial charge in [0.2, 0.25) is 5.91 Å². The highest BCUT2D eigenvalue weighted by Gasteiger charge is 2.15. The number of pyridine rings is 1. The Morgan fingerprint density at radius 3 is 2.41 bits per heavy atom. The number of hydrogen-bond acceptors (Lipinski definition) is 3. The van der Waals surface area contributed by atoms with Crippen LogP contribution in [0.3, 0.4) is 0 Å². The summed E-state index contributed by atoms with van der Waals surface area (Å²) in [5.41, 5.74) is 4.06. The van der Waals surface area contributed by atoms with Crippen LogP contribution in [-0.2, 0) is 11.2 Å². The normalized spacial score (nSPS) is 12.0. The van der Waals surface area contributed by atoms with Gasteiger partial charge in [0.05, 0.1) is 12.5 Å². The number of hydrogen-bond donors (Lipinski definition) is 1. The van der Waals surface area contributed by atoms with E-state index in [1.54, 1.807) is 0 Å². The van der Waals surface area contributed by atoms with Crippen molar-refractivity contribution in [3.63, 3.8) is 0 Å². The standard InChI is InChI=1S/C22H20N4O/c1-16(22-25-24-20-9-5-6-14-26(20)22)23-21(27)15-17-10-12-19(13-11-17)18-7-3-2-4-8-18/h2-14,16H,15H2,1H3,(H,23,27). The fraction of sp³-hybridized carbons (Fsp3) is 0.136. The molecule has 2 heterocycles. The number of aromatic nitrogens is 3. The van der Waals surface area contributed by atoms with Gasteiger partial charge < -0.3 is 5.32 Å². The van der Waals surface area contributed by atoms with E-state index >= 15 is 0 Å². The Kier molecular flexibility index (Phi) is 4.66. The Labute approximate surface area is 157 Å². The molecule has 1 N–H and O–H groups in total. The van der Waals surface area contributed by atoms with Crippen LogP contribution in [0.15, 0.2) is 79.0 Å². The molecule has 1 atom stereocenters.